The third kappa shape index (κ3) is 5.15. The Labute approximate surface area is 162 Å². The van der Waals surface area contributed by atoms with Crippen molar-refractivity contribution in [1.29, 1.82) is 0 Å². The van der Waals surface area contributed by atoms with E-state index in [0.29, 0.717) is 10.8 Å². The van der Waals surface area contributed by atoms with Crippen LogP contribution in [-0.4, -0.2) is 39.8 Å². The number of nitrogens with one attached hydrogen (secondary N) is 2. The average Bonchev–Trinajstić information content (AvgIpc) is 2.58. The molecule has 0 radical (unpaired) electrons. The Kier molecular flexibility index (Phi) is 6.17. The summed E-state index contributed by atoms with van der Waals surface area (Å²) in [5.41, 5.74) is -0.913. The summed E-state index contributed by atoms with van der Waals surface area (Å²) in [6, 6.07) is 5.58. The summed E-state index contributed by atoms with van der Waals surface area (Å²) in [5, 5.41) is 9.40. The standard InChI is InChI=1S/C19H24N4O5/c1-11(2)23-16(25)13-9-7-6-8-12(13)15(22-23)17(26)28-10-14(24)20-18(27)21-19(3,4)5/h6-9,11H,10H2,1-5H3,(H2,20,21,24,27). The van der Waals surface area contributed by atoms with Crippen LogP contribution in [0.15, 0.2) is 29.1 Å². The molecule has 0 aliphatic heterocycles. The molecule has 0 spiro atoms. The van der Waals surface area contributed by atoms with Crippen LogP contribution in [0.4, 0.5) is 4.79 Å². The van der Waals surface area contributed by atoms with Crippen LogP contribution in [-0.2, 0) is 9.53 Å². The van der Waals surface area contributed by atoms with Gasteiger partial charge in [0.05, 0.1) is 11.4 Å². The van der Waals surface area contributed by atoms with E-state index < -0.39 is 30.1 Å². The first-order chi connectivity index (χ1) is 13.0. The van der Waals surface area contributed by atoms with Gasteiger partial charge in [-0.3, -0.25) is 14.9 Å². The van der Waals surface area contributed by atoms with Crippen molar-refractivity contribution in [3.8, 4) is 0 Å². The number of fused-ring (bicyclic) bond motifs is 1. The fourth-order valence-electron chi connectivity index (χ4n) is 2.44. The van der Waals surface area contributed by atoms with Crippen molar-refractivity contribution in [3.05, 3.63) is 40.3 Å². The summed E-state index contributed by atoms with van der Waals surface area (Å²) >= 11 is 0. The lowest BCUT2D eigenvalue weighted by molar-refractivity contribution is -0.123. The van der Waals surface area contributed by atoms with Gasteiger partial charge in [-0.05, 0) is 40.7 Å². The number of esters is 1. The number of urea groups is 1. The van der Waals surface area contributed by atoms with Gasteiger partial charge >= 0.3 is 12.0 Å². The highest BCUT2D eigenvalue weighted by Gasteiger charge is 2.21. The molecular formula is C19H24N4O5. The maximum atomic E-state index is 12.5. The molecule has 1 aromatic heterocycles. The molecule has 0 atom stereocenters. The maximum absolute atomic E-state index is 12.5. The molecule has 3 amide bonds. The molecule has 0 unspecified atom stereocenters. The highest BCUT2D eigenvalue weighted by atomic mass is 16.5. The molecular weight excluding hydrogens is 364 g/mol. The van der Waals surface area contributed by atoms with Crippen molar-refractivity contribution >= 4 is 28.7 Å². The van der Waals surface area contributed by atoms with Crippen molar-refractivity contribution in [2.75, 3.05) is 6.61 Å². The number of carbonyl (C=O) groups is 3. The summed E-state index contributed by atoms with van der Waals surface area (Å²) in [6.45, 7) is 8.15. The van der Waals surface area contributed by atoms with E-state index in [2.05, 4.69) is 15.7 Å². The molecule has 1 aromatic carbocycles. The van der Waals surface area contributed by atoms with Gasteiger partial charge in [0.2, 0.25) is 0 Å². The fraction of sp³-hybridized carbons (Fsp3) is 0.421. The highest BCUT2D eigenvalue weighted by molar-refractivity contribution is 6.03. The molecule has 150 valence electrons. The number of imide groups is 1. The molecule has 0 saturated carbocycles. The summed E-state index contributed by atoms with van der Waals surface area (Å²) < 4.78 is 6.18. The summed E-state index contributed by atoms with van der Waals surface area (Å²) in [4.78, 5) is 48.5. The number of carbonyl (C=O) groups excluding carboxylic acids is 3. The van der Waals surface area contributed by atoms with E-state index in [9.17, 15) is 19.2 Å². The topological polar surface area (TPSA) is 119 Å². The van der Waals surface area contributed by atoms with Crippen molar-refractivity contribution in [2.24, 2.45) is 0 Å². The van der Waals surface area contributed by atoms with Crippen molar-refractivity contribution in [2.45, 2.75) is 46.2 Å². The van der Waals surface area contributed by atoms with Crippen LogP contribution in [0.2, 0.25) is 0 Å². The summed E-state index contributed by atoms with van der Waals surface area (Å²) in [6.07, 6.45) is 0. The molecule has 0 fully saturated rings. The molecule has 28 heavy (non-hydrogen) atoms. The minimum Gasteiger partial charge on any atom is -0.451 e. The summed E-state index contributed by atoms with van der Waals surface area (Å²) in [7, 11) is 0. The van der Waals surface area contributed by atoms with Gasteiger partial charge in [0.1, 0.15) is 0 Å². The molecule has 9 heteroatoms. The van der Waals surface area contributed by atoms with Crippen LogP contribution in [0.1, 0.15) is 51.1 Å². The highest BCUT2D eigenvalue weighted by Crippen LogP contribution is 2.15. The Morgan fingerprint density at radius 2 is 1.75 bits per heavy atom. The van der Waals surface area contributed by atoms with Gasteiger partial charge in [-0.1, -0.05) is 18.2 Å². The number of benzene rings is 1. The smallest absolute Gasteiger partial charge is 0.359 e. The van der Waals surface area contributed by atoms with Crippen molar-refractivity contribution in [1.82, 2.24) is 20.4 Å². The summed E-state index contributed by atoms with van der Waals surface area (Å²) in [5.74, 6) is -1.64. The minimum absolute atomic E-state index is 0.0733. The third-order valence-electron chi connectivity index (χ3n) is 3.59. The Bertz CT molecular complexity index is 972. The number of amides is 3. The lowest BCUT2D eigenvalue weighted by Gasteiger charge is -2.20. The number of ether oxygens (including phenoxy) is 1. The predicted octanol–water partition coefficient (Wildman–Crippen LogP) is 1.76. The van der Waals surface area contributed by atoms with Crippen LogP contribution in [0.3, 0.4) is 0 Å². The Morgan fingerprint density at radius 1 is 1.14 bits per heavy atom. The normalized spacial score (nSPS) is 11.4. The third-order valence-corrected chi connectivity index (χ3v) is 3.59. The number of hydrogen-bond donors (Lipinski definition) is 2. The second-order valence-corrected chi connectivity index (χ2v) is 7.57. The number of rotatable bonds is 4. The number of nitrogens with zero attached hydrogens (tertiary/aromatic N) is 2. The van der Waals surface area contributed by atoms with Gasteiger partial charge < -0.3 is 10.1 Å². The average molecular weight is 388 g/mol. The molecule has 0 aliphatic rings. The van der Waals surface area contributed by atoms with Crippen molar-refractivity contribution < 1.29 is 19.1 Å². The van der Waals surface area contributed by atoms with E-state index in [0.717, 1.165) is 0 Å². The van der Waals surface area contributed by atoms with E-state index in [-0.39, 0.29) is 17.3 Å². The van der Waals surface area contributed by atoms with Gasteiger partial charge in [-0.2, -0.15) is 5.10 Å². The Balaban J connectivity index is 2.18. The Morgan fingerprint density at radius 3 is 2.32 bits per heavy atom. The molecule has 2 aromatic rings. The zero-order valence-corrected chi connectivity index (χ0v) is 16.5. The quantitative estimate of drug-likeness (QED) is 0.770. The second-order valence-electron chi connectivity index (χ2n) is 7.57. The van der Waals surface area contributed by atoms with Crippen LogP contribution in [0.25, 0.3) is 10.8 Å². The molecule has 2 N–H and O–H groups in total. The van der Waals surface area contributed by atoms with Crippen LogP contribution in [0, 0.1) is 0 Å². The first kappa shape index (κ1) is 21.1. The molecule has 0 saturated heterocycles. The van der Waals surface area contributed by atoms with E-state index in [4.69, 9.17) is 4.74 Å². The molecule has 9 nitrogen and oxygen atoms in total. The van der Waals surface area contributed by atoms with E-state index in [1.165, 1.54) is 4.68 Å². The first-order valence-corrected chi connectivity index (χ1v) is 8.80. The van der Waals surface area contributed by atoms with Gasteiger partial charge in [0.25, 0.3) is 11.5 Å². The maximum Gasteiger partial charge on any atom is 0.359 e. The lowest BCUT2D eigenvalue weighted by Crippen LogP contribution is -2.49. The largest absolute Gasteiger partial charge is 0.451 e. The zero-order chi connectivity index (χ0) is 21.1. The molecule has 0 aliphatic carbocycles. The monoisotopic (exact) mass is 388 g/mol. The van der Waals surface area contributed by atoms with E-state index in [1.54, 1.807) is 58.9 Å². The molecule has 0 bridgehead atoms. The van der Waals surface area contributed by atoms with Crippen LogP contribution >= 0.6 is 0 Å². The minimum atomic E-state index is -0.864. The fourth-order valence-corrected chi connectivity index (χ4v) is 2.44. The van der Waals surface area contributed by atoms with E-state index >= 15 is 0 Å². The van der Waals surface area contributed by atoms with Crippen molar-refractivity contribution in [3.63, 3.8) is 0 Å². The van der Waals surface area contributed by atoms with Crippen LogP contribution in [0.5, 0.6) is 0 Å². The lowest BCUT2D eigenvalue weighted by atomic mass is 10.1. The SMILES string of the molecule is CC(C)n1nc(C(=O)OCC(=O)NC(=O)NC(C)(C)C)c2ccccc2c1=O. The van der Waals surface area contributed by atoms with Gasteiger partial charge in [-0.25, -0.2) is 14.3 Å². The number of aromatic nitrogens is 2. The predicted molar refractivity (Wildman–Crippen MR) is 103 cm³/mol. The Hall–Kier alpha value is -3.23. The molecule has 1 heterocycles. The first-order valence-electron chi connectivity index (χ1n) is 8.80. The molecule has 2 rings (SSSR count). The van der Waals surface area contributed by atoms with E-state index in [1.807, 2.05) is 0 Å². The number of hydrogen-bond acceptors (Lipinski definition) is 6. The van der Waals surface area contributed by atoms with Gasteiger partial charge in [0, 0.05) is 10.9 Å². The van der Waals surface area contributed by atoms with Gasteiger partial charge in [-0.15, -0.1) is 0 Å². The van der Waals surface area contributed by atoms with Crippen LogP contribution < -0.4 is 16.2 Å². The zero-order valence-electron chi connectivity index (χ0n) is 16.5. The van der Waals surface area contributed by atoms with Gasteiger partial charge in [0.15, 0.2) is 12.3 Å². The second kappa shape index (κ2) is 8.20.